The summed E-state index contributed by atoms with van der Waals surface area (Å²) in [5.74, 6) is 10.6. The summed E-state index contributed by atoms with van der Waals surface area (Å²) in [5.41, 5.74) is 19.3. The molecule has 1 amide bonds. The highest BCUT2D eigenvalue weighted by Crippen LogP contribution is 2.46. The highest BCUT2D eigenvalue weighted by Gasteiger charge is 2.44. The topological polar surface area (TPSA) is 245 Å². The molecule has 7 aliphatic rings. The van der Waals surface area contributed by atoms with Gasteiger partial charge in [-0.15, -0.1) is 20.1 Å². The van der Waals surface area contributed by atoms with E-state index in [1.54, 1.807) is 23.5 Å². The fraction of sp³-hybridized carbons (Fsp3) is 0.394. The van der Waals surface area contributed by atoms with Gasteiger partial charge in [-0.25, -0.2) is 14.6 Å². The summed E-state index contributed by atoms with van der Waals surface area (Å²) in [6, 6.07) is 59.6. The van der Waals surface area contributed by atoms with E-state index in [9.17, 15) is 32.8 Å². The maximum atomic E-state index is 12.6. The van der Waals surface area contributed by atoms with Crippen molar-refractivity contribution in [3.05, 3.63) is 280 Å². The zero-order valence-corrected chi connectivity index (χ0v) is 82.9. The molecule has 10 heterocycles. The number of hydrogen-bond donors (Lipinski definition) is 2. The first-order valence-electron chi connectivity index (χ1n) is 45.6. The van der Waals surface area contributed by atoms with Gasteiger partial charge in [-0.05, 0) is 244 Å². The smallest absolute Gasteiger partial charge is 0.454 e. The highest BCUT2D eigenvalue weighted by molar-refractivity contribution is 7.18. The minimum atomic E-state index is -3.52. The van der Waals surface area contributed by atoms with Crippen LogP contribution in [0.2, 0.25) is 0 Å². The summed E-state index contributed by atoms with van der Waals surface area (Å²) in [7, 11) is 0. The van der Waals surface area contributed by atoms with E-state index in [1.807, 2.05) is 139 Å². The molecule has 0 saturated heterocycles. The normalized spacial score (nSPS) is 15.0. The minimum Gasteiger partial charge on any atom is -0.454 e. The fourth-order valence-corrected chi connectivity index (χ4v) is 16.1. The quantitative estimate of drug-likeness (QED) is 0.0954. The number of carbonyl (C=O) groups excluding carboxylic acids is 3. The third kappa shape index (κ3) is 27.0. The second-order valence-electron chi connectivity index (χ2n) is 37.7. The Labute approximate surface area is 787 Å². The average Bonchev–Trinajstić information content (AvgIpc) is 1.62. The number of H-pyrrole nitrogens is 1. The summed E-state index contributed by atoms with van der Waals surface area (Å²) in [6.45, 7) is 54.7. The van der Waals surface area contributed by atoms with Gasteiger partial charge in [0.2, 0.25) is 24.8 Å². The number of thiazole rings is 1. The van der Waals surface area contributed by atoms with Crippen molar-refractivity contribution in [2.24, 2.45) is 0 Å². The van der Waals surface area contributed by atoms with Gasteiger partial charge in [0, 0.05) is 37.6 Å². The number of anilines is 1. The van der Waals surface area contributed by atoms with Crippen LogP contribution < -0.4 is 63.4 Å². The molecule has 1 unspecified atom stereocenters. The van der Waals surface area contributed by atoms with E-state index in [-0.39, 0.29) is 46.5 Å². The van der Waals surface area contributed by atoms with Gasteiger partial charge in [0.15, 0.2) is 51.6 Å². The van der Waals surface area contributed by atoms with Crippen LogP contribution >= 0.6 is 22.7 Å². The number of aromatic amines is 1. The van der Waals surface area contributed by atoms with Gasteiger partial charge in [-0.2, -0.15) is 0 Å². The van der Waals surface area contributed by atoms with E-state index >= 15 is 0 Å². The Balaban J connectivity index is 0.000000142. The molecule has 0 saturated carbocycles. The Morgan fingerprint density at radius 1 is 0.391 bits per heavy atom. The predicted octanol–water partition coefficient (Wildman–Crippen LogP) is 28.4. The van der Waals surface area contributed by atoms with Crippen LogP contribution in [0.15, 0.2) is 200 Å². The van der Waals surface area contributed by atoms with Gasteiger partial charge in [-0.3, -0.25) is 19.4 Å². The molecule has 0 bridgehead atoms. The second-order valence-corrected chi connectivity index (χ2v) is 39.9. The predicted molar refractivity (Wildman–Crippen MR) is 526 cm³/mol. The molecule has 0 radical (unpaired) electrons. The van der Waals surface area contributed by atoms with Crippen LogP contribution in [0.25, 0.3) is 31.6 Å². The van der Waals surface area contributed by atoms with Crippen LogP contribution in [-0.2, 0) is 32.6 Å². The van der Waals surface area contributed by atoms with Crippen molar-refractivity contribution < 1.29 is 79.4 Å². The van der Waals surface area contributed by atoms with Crippen molar-refractivity contribution >= 4 is 77.8 Å². The number of rotatable bonds is 10. The van der Waals surface area contributed by atoms with Crippen LogP contribution in [0.1, 0.15) is 310 Å². The van der Waals surface area contributed by atoms with Gasteiger partial charge in [0.05, 0.1) is 43.7 Å². The SMILES string of the molecule is CC(C)c1ccc2[nH]c(=O)oc2c1.CC(C)c1ccc2c(c1)C(C)(C)C(=O)O2.CC(C)c1ccc2c(c1)CC(=O)N2.CC(C)c1ccc2c(c1)CC(=O)O2.CC(C)c1ccc2c(c1)OC(C)(C)O2.CC(C)c1ccc2c(c1)OC(F)(F)O2.CC(C)c1ccc2c(c1)OCO2.CC(C)c1ccc2oc(=O)sc2c1.CC1Oc2ccc(C(C)C)cc2O1.Cc1nc2cc(C(C)C)ccc2s1. The third-order valence-corrected chi connectivity index (χ3v) is 24.6. The number of oxazole rings is 1. The zero-order valence-electron chi connectivity index (χ0n) is 81.3. The summed E-state index contributed by atoms with van der Waals surface area (Å²) >= 11 is 2.92. The third-order valence-electron chi connectivity index (χ3n) is 22.8. The molecule has 0 aliphatic carbocycles. The Bertz CT molecular complexity index is 6140. The minimum absolute atomic E-state index is 0.0967. The first-order valence-corrected chi connectivity index (χ1v) is 47.2. The van der Waals surface area contributed by atoms with Crippen LogP contribution in [0.5, 0.6) is 57.5 Å². The van der Waals surface area contributed by atoms with Gasteiger partial charge >= 0.3 is 28.9 Å². The number of halogens is 2. The lowest BCUT2D eigenvalue weighted by atomic mass is 9.84. The molecule has 10 aromatic carbocycles. The summed E-state index contributed by atoms with van der Waals surface area (Å²) in [4.78, 5) is 62.3. The molecule has 24 heteroatoms. The standard InChI is InChI=1S/C13H16O2.C12H16O2.C11H13NO.C11H13NS.C11H14O2.C11H12O2.C10H10F2O2.C10H11NO2.C10H10O2S.C10H12O2/c1-8(2)9-5-6-11-10(7-9)13(3,4)12(14)15-11;1-8(2)9-5-6-10-11(7-9)14-12(3,4)13-10;1-7(2)8-3-4-10-9(5-8)6-11(13)12-10;1-7(2)9-4-5-11-10(6-9)12-8(3)13-11;1-7(2)9-4-5-10-11(6-9)13-8(3)12-10;1-7(2)8-3-4-10-9(5-8)6-11(12)13-10;1-6(2)7-3-4-8-9(5-7)14-10(11,12)13-8;1-6(2)7-3-4-8-9(5-7)13-10(12)11-8;1-6(2)7-3-4-8-9(5-7)13-10(11)12-8;1-7(2)8-3-4-9-10(5-8)12-6-11-9/h5-8H,1-4H3;5-8H,1-4H3;3-5,7H,6H2,1-2H3,(H,12,13);4-7H,1-3H3;4-8H,1-3H3;3-5,7H,6H2,1-2H3;3-6H,1-2H3;3-6H,1-2H3,(H,11,12);3-6H,1-2H3;3-5,7H,6H2,1-2H3. The Morgan fingerprint density at radius 2 is 0.827 bits per heavy atom. The van der Waals surface area contributed by atoms with Crippen molar-refractivity contribution in [2.45, 2.75) is 276 Å². The molecule has 2 N–H and O–H groups in total. The Kier molecular flexibility index (Phi) is 33.2. The first-order chi connectivity index (χ1) is 62.6. The lowest BCUT2D eigenvalue weighted by molar-refractivity contribution is -0.286. The lowest BCUT2D eigenvalue weighted by Gasteiger charge is -2.16. The molecule has 0 spiro atoms. The Hall–Kier alpha value is -12.3. The maximum absolute atomic E-state index is 12.6. The number of aryl methyl sites for hydroxylation is 1. The number of fused-ring (bicyclic) bond motifs is 10. The van der Waals surface area contributed by atoms with Crippen LogP contribution in [0, 0.1) is 6.92 Å². The van der Waals surface area contributed by atoms with E-state index in [0.29, 0.717) is 84.1 Å². The number of benzene rings is 10. The number of nitrogens with one attached hydrogen (secondary N) is 2. The highest BCUT2D eigenvalue weighted by atomic mass is 32.1. The van der Waals surface area contributed by atoms with E-state index < -0.39 is 23.3 Å². The van der Waals surface area contributed by atoms with E-state index in [4.69, 9.17) is 46.7 Å². The van der Waals surface area contributed by atoms with E-state index in [2.05, 4.69) is 229 Å². The van der Waals surface area contributed by atoms with Crippen molar-refractivity contribution in [1.82, 2.24) is 9.97 Å². The van der Waals surface area contributed by atoms with Crippen molar-refractivity contribution in [3.8, 4) is 57.5 Å². The summed E-state index contributed by atoms with van der Waals surface area (Å²) < 4.78 is 88.9. The molecule has 20 rings (SSSR count). The number of esters is 2. The summed E-state index contributed by atoms with van der Waals surface area (Å²) in [5, 5.41) is 3.97. The number of hydrogen-bond acceptors (Lipinski definition) is 20. The molecule has 3 aromatic heterocycles. The number of amides is 1. The fourth-order valence-electron chi connectivity index (χ4n) is 14.6. The van der Waals surface area contributed by atoms with Crippen LogP contribution in [-0.4, -0.2) is 53.0 Å². The molecule has 0 fully saturated rings. The monoisotopic (exact) mass is 1850 g/mol. The molecule has 1 atom stereocenters. The molecule has 13 aromatic rings. The number of ether oxygens (including phenoxy) is 10. The number of carbonyl (C=O) groups is 3. The molecular formula is C109H127F2N3O17S2. The van der Waals surface area contributed by atoms with Crippen molar-refractivity contribution in [3.63, 3.8) is 0 Å². The average molecular weight is 1850 g/mol. The van der Waals surface area contributed by atoms with Gasteiger partial charge in [-0.1, -0.05) is 229 Å². The van der Waals surface area contributed by atoms with E-state index in [0.717, 1.165) is 106 Å². The van der Waals surface area contributed by atoms with Gasteiger partial charge in [0.1, 0.15) is 17.1 Å². The summed E-state index contributed by atoms with van der Waals surface area (Å²) in [6.07, 6.45) is -2.69. The lowest BCUT2D eigenvalue weighted by Crippen LogP contribution is -2.29. The van der Waals surface area contributed by atoms with Crippen molar-refractivity contribution in [2.75, 3.05) is 12.1 Å². The first kappa shape index (κ1) is 101. The van der Waals surface area contributed by atoms with Gasteiger partial charge in [0.25, 0.3) is 0 Å². The van der Waals surface area contributed by atoms with Gasteiger partial charge < -0.3 is 61.5 Å². The van der Waals surface area contributed by atoms with Crippen LogP contribution in [0.3, 0.4) is 0 Å². The molecule has 7 aliphatic heterocycles. The molecular weight excluding hydrogens is 1730 g/mol. The Morgan fingerprint density at radius 3 is 1.42 bits per heavy atom. The maximum Gasteiger partial charge on any atom is 0.586 e. The number of alkyl halides is 2. The largest absolute Gasteiger partial charge is 0.586 e. The number of aromatic nitrogens is 2. The molecule has 706 valence electrons. The second kappa shape index (κ2) is 43.6. The number of nitrogens with zero attached hydrogens (tertiary/aromatic N) is 1. The van der Waals surface area contributed by atoms with Crippen LogP contribution in [0.4, 0.5) is 14.5 Å². The van der Waals surface area contributed by atoms with E-state index in [1.165, 1.54) is 60.8 Å². The molecule has 133 heavy (non-hydrogen) atoms. The van der Waals surface area contributed by atoms with Crippen molar-refractivity contribution in [1.29, 1.82) is 0 Å². The molecule has 20 nitrogen and oxygen atoms in total. The zero-order chi connectivity index (χ0) is 97.0.